The third-order valence-corrected chi connectivity index (χ3v) is 3.44. The molecule has 0 aliphatic heterocycles. The van der Waals surface area contributed by atoms with E-state index in [1.54, 1.807) is 0 Å². The van der Waals surface area contributed by atoms with Gasteiger partial charge in [0.15, 0.2) is 0 Å². The maximum atomic E-state index is 10.8. The number of carboxylic acid groups (broad SMARTS) is 1. The van der Waals surface area contributed by atoms with Crippen molar-refractivity contribution in [2.24, 2.45) is 0 Å². The highest BCUT2D eigenvalue weighted by Gasteiger charge is 2.18. The summed E-state index contributed by atoms with van der Waals surface area (Å²) in [6, 6.07) is 8.02. The maximum absolute atomic E-state index is 10.8. The minimum absolute atomic E-state index is 0. The fourth-order valence-electron chi connectivity index (χ4n) is 2.67. The van der Waals surface area contributed by atoms with E-state index < -0.39 is 5.97 Å². The molecule has 1 saturated carbocycles. The van der Waals surface area contributed by atoms with E-state index in [1.165, 1.54) is 37.7 Å². The molecule has 0 atom stereocenters. The van der Waals surface area contributed by atoms with Crippen LogP contribution in [0.5, 0.6) is 0 Å². The van der Waals surface area contributed by atoms with Gasteiger partial charge in [-0.3, -0.25) is 4.79 Å². The average Bonchev–Trinajstić information content (AvgIpc) is 2.30. The maximum Gasteiger partial charge on any atom is 0.307 e. The number of hydrogen-bond acceptors (Lipinski definition) is 1. The number of rotatable bonds is 3. The second-order valence-electron chi connectivity index (χ2n) is 4.60. The van der Waals surface area contributed by atoms with Gasteiger partial charge in [0.05, 0.1) is 6.42 Å². The number of aliphatic carboxylic acids is 1. The zero-order valence-electron chi connectivity index (χ0n) is 9.89. The van der Waals surface area contributed by atoms with Crippen LogP contribution in [0.25, 0.3) is 0 Å². The van der Waals surface area contributed by atoms with Crippen LogP contribution in [0.3, 0.4) is 0 Å². The summed E-state index contributed by atoms with van der Waals surface area (Å²) in [6.45, 7) is 0. The Bertz CT molecular complexity index is 370. The summed E-state index contributed by atoms with van der Waals surface area (Å²) < 4.78 is 0. The molecule has 0 heterocycles. The Kier molecular flexibility index (Phi) is 5.49. The minimum atomic E-state index is -0.733. The van der Waals surface area contributed by atoms with E-state index in [9.17, 15) is 4.79 Å². The highest BCUT2D eigenvalue weighted by molar-refractivity contribution is 5.85. The predicted molar refractivity (Wildman–Crippen MR) is 70.9 cm³/mol. The van der Waals surface area contributed by atoms with Crippen molar-refractivity contribution in [1.29, 1.82) is 0 Å². The summed E-state index contributed by atoms with van der Waals surface area (Å²) in [7, 11) is 0. The van der Waals surface area contributed by atoms with E-state index in [0.29, 0.717) is 5.92 Å². The molecule has 2 rings (SSSR count). The van der Waals surface area contributed by atoms with Crippen LogP contribution in [-0.4, -0.2) is 11.1 Å². The quantitative estimate of drug-likeness (QED) is 0.891. The van der Waals surface area contributed by atoms with Gasteiger partial charge in [0, 0.05) is 0 Å². The normalized spacial score (nSPS) is 16.2. The summed E-state index contributed by atoms with van der Waals surface area (Å²) in [4.78, 5) is 10.8. The molecule has 1 aromatic rings. The molecule has 0 unspecified atom stereocenters. The summed E-state index contributed by atoms with van der Waals surface area (Å²) in [5.74, 6) is -0.146. The molecular formula is C14H19ClO2. The van der Waals surface area contributed by atoms with Crippen LogP contribution in [0.15, 0.2) is 24.3 Å². The van der Waals surface area contributed by atoms with Gasteiger partial charge in [-0.05, 0) is 29.9 Å². The van der Waals surface area contributed by atoms with E-state index in [1.807, 2.05) is 18.2 Å². The fraction of sp³-hybridized carbons (Fsp3) is 0.500. The Labute approximate surface area is 108 Å². The molecule has 94 valence electrons. The summed E-state index contributed by atoms with van der Waals surface area (Å²) in [5, 5.41) is 8.89. The first-order chi connectivity index (χ1) is 7.77. The van der Waals surface area contributed by atoms with Crippen molar-refractivity contribution in [3.63, 3.8) is 0 Å². The molecule has 0 radical (unpaired) electrons. The van der Waals surface area contributed by atoms with Crippen LogP contribution in [-0.2, 0) is 11.2 Å². The summed E-state index contributed by atoms with van der Waals surface area (Å²) in [6.07, 6.45) is 6.50. The van der Waals surface area contributed by atoms with Crippen LogP contribution in [0, 0.1) is 0 Å². The Morgan fingerprint density at radius 3 is 2.47 bits per heavy atom. The van der Waals surface area contributed by atoms with E-state index in [4.69, 9.17) is 5.11 Å². The average molecular weight is 255 g/mol. The van der Waals surface area contributed by atoms with Crippen molar-refractivity contribution < 1.29 is 9.90 Å². The van der Waals surface area contributed by atoms with Gasteiger partial charge in [-0.2, -0.15) is 0 Å². The van der Waals surface area contributed by atoms with Crippen LogP contribution < -0.4 is 0 Å². The number of carboxylic acids is 1. The smallest absolute Gasteiger partial charge is 0.307 e. The Morgan fingerprint density at radius 1 is 1.18 bits per heavy atom. The molecule has 1 fully saturated rings. The van der Waals surface area contributed by atoms with E-state index in [2.05, 4.69) is 6.07 Å². The Hall–Kier alpha value is -1.02. The van der Waals surface area contributed by atoms with Gasteiger partial charge in [0.2, 0.25) is 0 Å². The van der Waals surface area contributed by atoms with Crippen molar-refractivity contribution in [1.82, 2.24) is 0 Å². The molecule has 2 nitrogen and oxygen atoms in total. The van der Waals surface area contributed by atoms with E-state index in [0.717, 1.165) is 5.56 Å². The largest absolute Gasteiger partial charge is 0.481 e. The van der Waals surface area contributed by atoms with Crippen LogP contribution >= 0.6 is 12.4 Å². The molecule has 1 aliphatic carbocycles. The molecule has 0 aromatic heterocycles. The number of hydrogen-bond donors (Lipinski definition) is 1. The van der Waals surface area contributed by atoms with Crippen molar-refractivity contribution in [3.8, 4) is 0 Å². The zero-order valence-corrected chi connectivity index (χ0v) is 10.7. The van der Waals surface area contributed by atoms with Crippen molar-refractivity contribution in [3.05, 3.63) is 35.4 Å². The third kappa shape index (κ3) is 3.74. The van der Waals surface area contributed by atoms with Crippen LogP contribution in [0.1, 0.15) is 49.1 Å². The Balaban J connectivity index is 0.00000144. The molecule has 0 saturated heterocycles. The van der Waals surface area contributed by atoms with Crippen molar-refractivity contribution >= 4 is 18.4 Å². The number of benzene rings is 1. The molecule has 3 heteroatoms. The van der Waals surface area contributed by atoms with Gasteiger partial charge in [-0.25, -0.2) is 0 Å². The lowest BCUT2D eigenvalue weighted by Crippen LogP contribution is -2.10. The number of halogens is 1. The van der Waals surface area contributed by atoms with Gasteiger partial charge < -0.3 is 5.11 Å². The zero-order chi connectivity index (χ0) is 11.4. The topological polar surface area (TPSA) is 37.3 Å². The standard InChI is InChI=1S/C14H18O2.ClH/c15-14(16)10-12-8-4-5-9-13(12)11-6-2-1-3-7-11;/h4-5,8-9,11H,1-3,6-7,10H2,(H,15,16);1H. The number of carbonyl (C=O) groups is 1. The molecular weight excluding hydrogens is 236 g/mol. The fourth-order valence-corrected chi connectivity index (χ4v) is 2.67. The van der Waals surface area contributed by atoms with Crippen molar-refractivity contribution in [2.75, 3.05) is 0 Å². The molecule has 0 spiro atoms. The third-order valence-electron chi connectivity index (χ3n) is 3.44. The molecule has 1 N–H and O–H groups in total. The summed E-state index contributed by atoms with van der Waals surface area (Å²) in [5.41, 5.74) is 2.27. The van der Waals surface area contributed by atoms with Crippen molar-refractivity contribution in [2.45, 2.75) is 44.4 Å². The van der Waals surface area contributed by atoms with Gasteiger partial charge in [0.25, 0.3) is 0 Å². The second kappa shape index (κ2) is 6.65. The summed E-state index contributed by atoms with van der Waals surface area (Å²) >= 11 is 0. The first kappa shape index (κ1) is 14.0. The minimum Gasteiger partial charge on any atom is -0.481 e. The van der Waals surface area contributed by atoms with Gasteiger partial charge in [0.1, 0.15) is 0 Å². The highest BCUT2D eigenvalue weighted by atomic mass is 35.5. The molecule has 17 heavy (non-hydrogen) atoms. The lowest BCUT2D eigenvalue weighted by atomic mass is 9.81. The highest BCUT2D eigenvalue weighted by Crippen LogP contribution is 2.34. The van der Waals surface area contributed by atoms with Crippen LogP contribution in [0.4, 0.5) is 0 Å². The van der Waals surface area contributed by atoms with Crippen LogP contribution in [0.2, 0.25) is 0 Å². The first-order valence-electron chi connectivity index (χ1n) is 6.07. The molecule has 0 bridgehead atoms. The second-order valence-corrected chi connectivity index (χ2v) is 4.60. The van der Waals surface area contributed by atoms with Gasteiger partial charge in [-0.15, -0.1) is 12.4 Å². The van der Waals surface area contributed by atoms with Gasteiger partial charge >= 0.3 is 5.97 Å². The molecule has 1 aromatic carbocycles. The predicted octanol–water partition coefficient (Wildman–Crippen LogP) is 3.78. The monoisotopic (exact) mass is 254 g/mol. The lowest BCUT2D eigenvalue weighted by Gasteiger charge is -2.24. The molecule has 0 amide bonds. The van der Waals surface area contributed by atoms with Gasteiger partial charge in [-0.1, -0.05) is 43.5 Å². The van der Waals surface area contributed by atoms with E-state index >= 15 is 0 Å². The lowest BCUT2D eigenvalue weighted by molar-refractivity contribution is -0.136. The van der Waals surface area contributed by atoms with E-state index in [-0.39, 0.29) is 18.8 Å². The Morgan fingerprint density at radius 2 is 1.82 bits per heavy atom. The molecule has 1 aliphatic rings. The first-order valence-corrected chi connectivity index (χ1v) is 6.07. The SMILES string of the molecule is Cl.O=C(O)Cc1ccccc1C1CCCCC1.